The van der Waals surface area contributed by atoms with Crippen LogP contribution in [0.4, 0.5) is 0 Å². The molecule has 8 nitrogen and oxygen atoms in total. The fraction of sp³-hybridized carbons (Fsp3) is 0.440. The average molecular weight is 488 g/mol. The molecule has 34 heavy (non-hydrogen) atoms. The smallest absolute Gasteiger partial charge is 0.263 e. The standard InChI is InChI=1S/C25H33N3O5S/c1-4-7-11-20(27-24-19-10-8-9-12-23(19)34(30,31)28-24)25(29)26-16-15-18-13-14-21(32-5-2)22(17-18)33-6-3/h8-10,12-14,17,20H,4-7,11,15-16H2,1-3H3,(H,26,29)(H,27,28). The average Bonchev–Trinajstić information content (AvgIpc) is 3.08. The maximum absolute atomic E-state index is 13.0. The van der Waals surface area contributed by atoms with Crippen molar-refractivity contribution in [2.75, 3.05) is 19.8 Å². The molecule has 0 spiro atoms. The third kappa shape index (κ3) is 6.28. The van der Waals surface area contributed by atoms with Crippen molar-refractivity contribution in [1.82, 2.24) is 10.0 Å². The van der Waals surface area contributed by atoms with Crippen LogP contribution in [0, 0.1) is 0 Å². The molecule has 2 aromatic rings. The number of amidine groups is 1. The maximum atomic E-state index is 13.0. The van der Waals surface area contributed by atoms with Crippen molar-refractivity contribution in [3.63, 3.8) is 0 Å². The highest BCUT2D eigenvalue weighted by molar-refractivity contribution is 7.90. The third-order valence-corrected chi connectivity index (χ3v) is 6.80. The Morgan fingerprint density at radius 2 is 1.79 bits per heavy atom. The summed E-state index contributed by atoms with van der Waals surface area (Å²) in [5.41, 5.74) is 1.51. The molecule has 3 rings (SSSR count). The number of fused-ring (bicyclic) bond motifs is 1. The van der Waals surface area contributed by atoms with E-state index in [2.05, 4.69) is 15.0 Å². The number of rotatable bonds is 12. The molecular weight excluding hydrogens is 454 g/mol. The van der Waals surface area contributed by atoms with Gasteiger partial charge in [0.2, 0.25) is 5.91 Å². The number of sulfonamides is 1. The first-order chi connectivity index (χ1) is 16.4. The van der Waals surface area contributed by atoms with Gasteiger partial charge in [-0.3, -0.25) is 14.5 Å². The summed E-state index contributed by atoms with van der Waals surface area (Å²) >= 11 is 0. The van der Waals surface area contributed by atoms with Gasteiger partial charge in [0.1, 0.15) is 11.9 Å². The van der Waals surface area contributed by atoms with Crippen molar-refractivity contribution in [1.29, 1.82) is 0 Å². The molecule has 2 aromatic carbocycles. The van der Waals surface area contributed by atoms with Crippen molar-refractivity contribution >= 4 is 21.8 Å². The van der Waals surface area contributed by atoms with Crippen LogP contribution >= 0.6 is 0 Å². The number of carbonyl (C=O) groups is 1. The molecule has 9 heteroatoms. The molecule has 0 saturated carbocycles. The molecule has 1 heterocycles. The highest BCUT2D eigenvalue weighted by Gasteiger charge is 2.31. The molecule has 0 radical (unpaired) electrons. The minimum Gasteiger partial charge on any atom is -0.490 e. The van der Waals surface area contributed by atoms with E-state index in [1.54, 1.807) is 18.2 Å². The van der Waals surface area contributed by atoms with E-state index in [0.717, 1.165) is 18.4 Å². The minimum absolute atomic E-state index is 0.184. The minimum atomic E-state index is -3.65. The summed E-state index contributed by atoms with van der Waals surface area (Å²) < 4.78 is 38.5. The Hall–Kier alpha value is -3.07. The summed E-state index contributed by atoms with van der Waals surface area (Å²) in [5.74, 6) is 1.39. The van der Waals surface area contributed by atoms with E-state index in [0.29, 0.717) is 49.7 Å². The van der Waals surface area contributed by atoms with Gasteiger partial charge in [0, 0.05) is 12.1 Å². The fourth-order valence-corrected chi connectivity index (χ4v) is 4.98. The van der Waals surface area contributed by atoms with Gasteiger partial charge in [-0.05, 0) is 56.5 Å². The lowest BCUT2D eigenvalue weighted by Crippen LogP contribution is -2.36. The Labute approximate surface area is 201 Å². The molecule has 184 valence electrons. The fourth-order valence-electron chi connectivity index (χ4n) is 3.74. The summed E-state index contributed by atoms with van der Waals surface area (Å²) in [6.07, 6.45) is 2.86. The molecule has 1 atom stereocenters. The van der Waals surface area contributed by atoms with E-state index in [4.69, 9.17) is 9.47 Å². The van der Waals surface area contributed by atoms with Gasteiger partial charge in [0.05, 0.1) is 18.1 Å². The molecule has 2 N–H and O–H groups in total. The zero-order valence-corrected chi connectivity index (χ0v) is 20.8. The van der Waals surface area contributed by atoms with Crippen LogP contribution < -0.4 is 19.5 Å². The molecule has 0 aliphatic carbocycles. The first-order valence-electron chi connectivity index (χ1n) is 11.8. The first kappa shape index (κ1) is 25.6. The van der Waals surface area contributed by atoms with E-state index in [9.17, 15) is 13.2 Å². The molecule has 0 fully saturated rings. The van der Waals surface area contributed by atoms with E-state index in [1.165, 1.54) is 6.07 Å². The van der Waals surface area contributed by atoms with Crippen molar-refractivity contribution in [2.45, 2.75) is 57.4 Å². The van der Waals surface area contributed by atoms with E-state index in [-0.39, 0.29) is 16.6 Å². The summed E-state index contributed by atoms with van der Waals surface area (Å²) in [7, 11) is -3.65. The van der Waals surface area contributed by atoms with Crippen LogP contribution in [0.25, 0.3) is 0 Å². The lowest BCUT2D eigenvalue weighted by atomic mass is 10.1. The third-order valence-electron chi connectivity index (χ3n) is 5.40. The zero-order chi connectivity index (χ0) is 24.6. The van der Waals surface area contributed by atoms with Crippen LogP contribution in [0.15, 0.2) is 52.4 Å². The number of unbranched alkanes of at least 4 members (excludes halogenated alkanes) is 1. The second kappa shape index (κ2) is 11.9. The zero-order valence-electron chi connectivity index (χ0n) is 20.0. The predicted octanol–water partition coefficient (Wildman–Crippen LogP) is 3.44. The van der Waals surface area contributed by atoms with Crippen LogP contribution in [-0.4, -0.2) is 46.0 Å². The van der Waals surface area contributed by atoms with Gasteiger partial charge in [0.25, 0.3) is 10.0 Å². The summed E-state index contributed by atoms with van der Waals surface area (Å²) in [5, 5.41) is 2.95. The molecule has 1 aliphatic heterocycles. The number of aliphatic imine (C=N–C) groups is 1. The van der Waals surface area contributed by atoms with Gasteiger partial charge in [-0.15, -0.1) is 0 Å². The van der Waals surface area contributed by atoms with Crippen LogP contribution in [0.5, 0.6) is 11.5 Å². The SMILES string of the molecule is CCCCC(N=C1NS(=O)(=O)c2ccccc21)C(=O)NCCc1ccc(OCC)c(OCC)c1. The molecule has 0 aromatic heterocycles. The maximum Gasteiger partial charge on any atom is 0.263 e. The number of ether oxygens (including phenoxy) is 2. The second-order valence-corrected chi connectivity index (χ2v) is 9.58. The topological polar surface area (TPSA) is 106 Å². The Morgan fingerprint density at radius 3 is 2.53 bits per heavy atom. The van der Waals surface area contributed by atoms with Crippen LogP contribution in [0.2, 0.25) is 0 Å². The lowest BCUT2D eigenvalue weighted by molar-refractivity contribution is -0.122. The van der Waals surface area contributed by atoms with E-state index >= 15 is 0 Å². The van der Waals surface area contributed by atoms with Crippen LogP contribution in [-0.2, 0) is 21.2 Å². The largest absolute Gasteiger partial charge is 0.490 e. The number of carbonyl (C=O) groups excluding carboxylic acids is 1. The van der Waals surface area contributed by atoms with Gasteiger partial charge < -0.3 is 14.8 Å². The molecule has 0 saturated heterocycles. The number of hydrogen-bond donors (Lipinski definition) is 2. The Balaban J connectivity index is 1.69. The molecule has 1 unspecified atom stereocenters. The number of nitrogens with zero attached hydrogens (tertiary/aromatic N) is 1. The Morgan fingerprint density at radius 1 is 1.06 bits per heavy atom. The Bertz CT molecular complexity index is 1130. The summed E-state index contributed by atoms with van der Waals surface area (Å²) in [6, 6.07) is 11.7. The van der Waals surface area contributed by atoms with Gasteiger partial charge in [-0.2, -0.15) is 0 Å². The van der Waals surface area contributed by atoms with Gasteiger partial charge >= 0.3 is 0 Å². The van der Waals surface area contributed by atoms with Crippen molar-refractivity contribution < 1.29 is 22.7 Å². The number of nitrogens with one attached hydrogen (secondary N) is 2. The number of hydrogen-bond acceptors (Lipinski definition) is 6. The van der Waals surface area contributed by atoms with Gasteiger partial charge in [0.15, 0.2) is 11.5 Å². The van der Waals surface area contributed by atoms with E-state index in [1.807, 2.05) is 39.0 Å². The quantitative estimate of drug-likeness (QED) is 0.477. The van der Waals surface area contributed by atoms with Crippen molar-refractivity contribution in [3.05, 3.63) is 53.6 Å². The van der Waals surface area contributed by atoms with Crippen LogP contribution in [0.1, 0.15) is 51.2 Å². The molecule has 1 aliphatic rings. The lowest BCUT2D eigenvalue weighted by Gasteiger charge is -2.15. The summed E-state index contributed by atoms with van der Waals surface area (Å²) in [6.45, 7) is 7.39. The van der Waals surface area contributed by atoms with Crippen molar-refractivity contribution in [2.24, 2.45) is 4.99 Å². The van der Waals surface area contributed by atoms with Crippen molar-refractivity contribution in [3.8, 4) is 11.5 Å². The normalized spacial score (nSPS) is 15.9. The predicted molar refractivity (Wildman–Crippen MR) is 132 cm³/mol. The second-order valence-electron chi connectivity index (χ2n) is 7.93. The van der Waals surface area contributed by atoms with Gasteiger partial charge in [-0.25, -0.2) is 8.42 Å². The molecule has 1 amide bonds. The van der Waals surface area contributed by atoms with E-state index < -0.39 is 16.1 Å². The summed E-state index contributed by atoms with van der Waals surface area (Å²) in [4.78, 5) is 17.7. The highest BCUT2D eigenvalue weighted by Crippen LogP contribution is 2.28. The highest BCUT2D eigenvalue weighted by atomic mass is 32.2. The number of benzene rings is 2. The molecular formula is C25H33N3O5S. The van der Waals surface area contributed by atoms with Crippen LogP contribution in [0.3, 0.4) is 0 Å². The van der Waals surface area contributed by atoms with Gasteiger partial charge in [-0.1, -0.05) is 38.0 Å². The first-order valence-corrected chi connectivity index (χ1v) is 13.2. The molecule has 0 bridgehead atoms. The number of amides is 1. The Kier molecular flexibility index (Phi) is 8.92. The monoisotopic (exact) mass is 487 g/mol.